The lowest BCUT2D eigenvalue weighted by Crippen LogP contribution is -2.04. The molecule has 0 saturated heterocycles. The molecular weight excluding hydrogens is 280 g/mol. The fourth-order valence-electron chi connectivity index (χ4n) is 2.69. The first-order valence-corrected chi connectivity index (χ1v) is 7.52. The molecule has 0 fully saturated rings. The van der Waals surface area contributed by atoms with E-state index in [0.29, 0.717) is 0 Å². The van der Waals surface area contributed by atoms with Gasteiger partial charge in [-0.15, -0.1) is 0 Å². The molecule has 0 spiro atoms. The fraction of sp³-hybridized carbons (Fsp3) is 0.222. The van der Waals surface area contributed by atoms with Gasteiger partial charge in [-0.1, -0.05) is 47.5 Å². The van der Waals surface area contributed by atoms with E-state index in [0.717, 1.165) is 18.1 Å². The average Bonchev–Trinajstić information content (AvgIpc) is 2.79. The Kier molecular flexibility index (Phi) is 4.00. The molecule has 0 bridgehead atoms. The third-order valence-corrected chi connectivity index (χ3v) is 4.00. The SMILES string of the molecule is CNCc1cn(Cc2ccc(C)cc2)c2cc(Cl)ccc12. The van der Waals surface area contributed by atoms with Crippen molar-refractivity contribution in [3.63, 3.8) is 0 Å². The first kappa shape index (κ1) is 14.2. The molecule has 1 N–H and O–H groups in total. The van der Waals surface area contributed by atoms with Gasteiger partial charge in [0.2, 0.25) is 0 Å². The number of rotatable bonds is 4. The smallest absolute Gasteiger partial charge is 0.0501 e. The molecule has 0 amide bonds. The van der Waals surface area contributed by atoms with Gasteiger partial charge < -0.3 is 9.88 Å². The standard InChI is InChI=1S/C18H19ClN2/c1-13-3-5-14(6-4-13)11-21-12-15(10-20-2)17-8-7-16(19)9-18(17)21/h3-9,12,20H,10-11H2,1-2H3. The monoisotopic (exact) mass is 298 g/mol. The predicted octanol–water partition coefficient (Wildman–Crippen LogP) is 4.37. The van der Waals surface area contributed by atoms with Crippen molar-refractivity contribution in [2.24, 2.45) is 0 Å². The van der Waals surface area contributed by atoms with Crippen LogP contribution in [0.15, 0.2) is 48.7 Å². The molecule has 108 valence electrons. The van der Waals surface area contributed by atoms with Gasteiger partial charge in [-0.25, -0.2) is 0 Å². The number of fused-ring (bicyclic) bond motifs is 1. The molecular formula is C18H19ClN2. The minimum atomic E-state index is 0.779. The molecule has 0 aliphatic rings. The Bertz CT molecular complexity index is 757. The van der Waals surface area contributed by atoms with Crippen molar-refractivity contribution in [3.05, 3.63) is 70.4 Å². The van der Waals surface area contributed by atoms with Gasteiger partial charge in [-0.3, -0.25) is 0 Å². The highest BCUT2D eigenvalue weighted by molar-refractivity contribution is 6.31. The van der Waals surface area contributed by atoms with Crippen LogP contribution in [0.3, 0.4) is 0 Å². The summed E-state index contributed by atoms with van der Waals surface area (Å²) in [5.74, 6) is 0. The highest BCUT2D eigenvalue weighted by Gasteiger charge is 2.09. The van der Waals surface area contributed by atoms with E-state index in [9.17, 15) is 0 Å². The van der Waals surface area contributed by atoms with Crippen LogP contribution in [-0.4, -0.2) is 11.6 Å². The third-order valence-electron chi connectivity index (χ3n) is 3.77. The van der Waals surface area contributed by atoms with Gasteiger partial charge >= 0.3 is 0 Å². The molecule has 0 unspecified atom stereocenters. The van der Waals surface area contributed by atoms with Crippen LogP contribution in [0.4, 0.5) is 0 Å². The lowest BCUT2D eigenvalue weighted by molar-refractivity contribution is 0.795. The lowest BCUT2D eigenvalue weighted by Gasteiger charge is -2.06. The molecule has 1 heterocycles. The second kappa shape index (κ2) is 5.92. The summed E-state index contributed by atoms with van der Waals surface area (Å²) in [6, 6.07) is 14.8. The van der Waals surface area contributed by atoms with E-state index in [1.807, 2.05) is 19.2 Å². The third kappa shape index (κ3) is 2.97. The van der Waals surface area contributed by atoms with Crippen molar-refractivity contribution in [1.29, 1.82) is 0 Å². The van der Waals surface area contributed by atoms with Gasteiger partial charge in [0.1, 0.15) is 0 Å². The summed E-state index contributed by atoms with van der Waals surface area (Å²) >= 11 is 6.17. The normalized spacial score (nSPS) is 11.2. The fourth-order valence-corrected chi connectivity index (χ4v) is 2.86. The number of hydrogen-bond acceptors (Lipinski definition) is 1. The van der Waals surface area contributed by atoms with E-state index < -0.39 is 0 Å². The van der Waals surface area contributed by atoms with E-state index in [1.165, 1.54) is 27.6 Å². The van der Waals surface area contributed by atoms with Crippen LogP contribution >= 0.6 is 11.6 Å². The van der Waals surface area contributed by atoms with Crippen LogP contribution in [0.1, 0.15) is 16.7 Å². The Hall–Kier alpha value is -1.77. The minimum absolute atomic E-state index is 0.779. The van der Waals surface area contributed by atoms with Crippen LogP contribution in [0.25, 0.3) is 10.9 Å². The van der Waals surface area contributed by atoms with Gasteiger partial charge in [0.05, 0.1) is 5.52 Å². The van der Waals surface area contributed by atoms with Crippen molar-refractivity contribution < 1.29 is 0 Å². The zero-order valence-electron chi connectivity index (χ0n) is 12.4. The van der Waals surface area contributed by atoms with E-state index in [2.05, 4.69) is 53.3 Å². The molecule has 21 heavy (non-hydrogen) atoms. The van der Waals surface area contributed by atoms with Crippen molar-refractivity contribution in [2.45, 2.75) is 20.0 Å². The van der Waals surface area contributed by atoms with Crippen LogP contribution < -0.4 is 5.32 Å². The van der Waals surface area contributed by atoms with Crippen molar-refractivity contribution in [3.8, 4) is 0 Å². The number of aryl methyl sites for hydroxylation is 1. The van der Waals surface area contributed by atoms with E-state index >= 15 is 0 Å². The Morgan fingerprint density at radius 1 is 1.10 bits per heavy atom. The number of benzene rings is 2. The summed E-state index contributed by atoms with van der Waals surface area (Å²) in [6.07, 6.45) is 2.22. The molecule has 0 aliphatic heterocycles. The van der Waals surface area contributed by atoms with Crippen molar-refractivity contribution >= 4 is 22.5 Å². The topological polar surface area (TPSA) is 17.0 Å². The van der Waals surface area contributed by atoms with Gasteiger partial charge in [0.25, 0.3) is 0 Å². The summed E-state index contributed by atoms with van der Waals surface area (Å²) in [5.41, 5.74) is 5.08. The van der Waals surface area contributed by atoms with E-state index in [4.69, 9.17) is 11.6 Å². The molecule has 0 saturated carbocycles. The number of nitrogens with one attached hydrogen (secondary N) is 1. The maximum absolute atomic E-state index is 6.17. The van der Waals surface area contributed by atoms with Crippen LogP contribution in [-0.2, 0) is 13.1 Å². The maximum Gasteiger partial charge on any atom is 0.0501 e. The number of halogens is 1. The molecule has 0 radical (unpaired) electrons. The Balaban J connectivity index is 2.04. The minimum Gasteiger partial charge on any atom is -0.343 e. The average molecular weight is 299 g/mol. The van der Waals surface area contributed by atoms with Crippen molar-refractivity contribution in [2.75, 3.05) is 7.05 Å². The van der Waals surface area contributed by atoms with Crippen LogP contribution in [0.5, 0.6) is 0 Å². The molecule has 0 aliphatic carbocycles. The highest BCUT2D eigenvalue weighted by atomic mass is 35.5. The van der Waals surface area contributed by atoms with Crippen LogP contribution in [0.2, 0.25) is 5.02 Å². The molecule has 2 nitrogen and oxygen atoms in total. The Morgan fingerprint density at radius 3 is 2.57 bits per heavy atom. The quantitative estimate of drug-likeness (QED) is 0.757. The maximum atomic E-state index is 6.17. The summed E-state index contributed by atoms with van der Waals surface area (Å²) in [4.78, 5) is 0. The molecule has 0 atom stereocenters. The van der Waals surface area contributed by atoms with Gasteiger partial charge in [-0.05, 0) is 37.2 Å². The largest absolute Gasteiger partial charge is 0.343 e. The van der Waals surface area contributed by atoms with Gasteiger partial charge in [0.15, 0.2) is 0 Å². The second-order valence-corrected chi connectivity index (χ2v) is 5.90. The zero-order valence-corrected chi connectivity index (χ0v) is 13.1. The number of aromatic nitrogens is 1. The van der Waals surface area contributed by atoms with Crippen molar-refractivity contribution in [1.82, 2.24) is 9.88 Å². The molecule has 3 aromatic rings. The van der Waals surface area contributed by atoms with E-state index in [-0.39, 0.29) is 0 Å². The lowest BCUT2D eigenvalue weighted by atomic mass is 10.1. The molecule has 2 aromatic carbocycles. The molecule has 3 rings (SSSR count). The first-order valence-electron chi connectivity index (χ1n) is 7.15. The first-order chi connectivity index (χ1) is 10.2. The Labute approximate surface area is 130 Å². The second-order valence-electron chi connectivity index (χ2n) is 5.46. The highest BCUT2D eigenvalue weighted by Crippen LogP contribution is 2.25. The zero-order chi connectivity index (χ0) is 14.8. The Morgan fingerprint density at radius 2 is 1.86 bits per heavy atom. The summed E-state index contributed by atoms with van der Waals surface area (Å²) in [7, 11) is 1.97. The van der Waals surface area contributed by atoms with E-state index in [1.54, 1.807) is 0 Å². The number of hydrogen-bond donors (Lipinski definition) is 1. The molecule has 3 heteroatoms. The van der Waals surface area contributed by atoms with Crippen LogP contribution in [0, 0.1) is 6.92 Å². The van der Waals surface area contributed by atoms with Gasteiger partial charge in [-0.2, -0.15) is 0 Å². The predicted molar refractivity (Wildman–Crippen MR) is 90.0 cm³/mol. The number of nitrogens with zero attached hydrogens (tertiary/aromatic N) is 1. The summed E-state index contributed by atoms with van der Waals surface area (Å²) < 4.78 is 2.28. The summed E-state index contributed by atoms with van der Waals surface area (Å²) in [6.45, 7) is 3.83. The molecule has 1 aromatic heterocycles. The van der Waals surface area contributed by atoms with Gasteiger partial charge in [0, 0.05) is 29.7 Å². The summed E-state index contributed by atoms with van der Waals surface area (Å²) in [5, 5.41) is 5.27.